The fourth-order valence-electron chi connectivity index (χ4n) is 1.09. The second kappa shape index (κ2) is 3.53. The van der Waals surface area contributed by atoms with Crippen molar-refractivity contribution in [1.82, 2.24) is 0 Å². The van der Waals surface area contributed by atoms with Crippen LogP contribution in [0.1, 0.15) is 5.56 Å². The topological polar surface area (TPSA) is 43.4 Å². The Kier molecular flexibility index (Phi) is 2.75. The molecule has 0 atom stereocenters. The summed E-state index contributed by atoms with van der Waals surface area (Å²) < 4.78 is 51.4. The first kappa shape index (κ1) is 10.9. The first-order chi connectivity index (χ1) is 6.36. The van der Waals surface area contributed by atoms with Crippen LogP contribution < -0.4 is 4.74 Å². The maximum atomic E-state index is 13.1. The van der Waals surface area contributed by atoms with E-state index in [0.29, 0.717) is 5.56 Å². The van der Waals surface area contributed by atoms with Gasteiger partial charge in [0, 0.05) is 0 Å². The first-order valence-corrected chi connectivity index (χ1v) is 5.03. The van der Waals surface area contributed by atoms with Crippen molar-refractivity contribution >= 4 is 10.2 Å². The van der Waals surface area contributed by atoms with Gasteiger partial charge in [-0.25, -0.2) is 4.39 Å². The van der Waals surface area contributed by atoms with Crippen LogP contribution in [-0.4, -0.2) is 15.5 Å². The Hall–Kier alpha value is -1.17. The number of rotatable bonds is 2. The smallest absolute Gasteiger partial charge is 0.338 e. The van der Waals surface area contributed by atoms with Crippen molar-refractivity contribution in [3.63, 3.8) is 0 Å². The Balaban J connectivity index is 3.57. The van der Waals surface area contributed by atoms with Crippen LogP contribution in [0.5, 0.6) is 5.75 Å². The Morgan fingerprint density at radius 1 is 1.36 bits per heavy atom. The van der Waals surface area contributed by atoms with Gasteiger partial charge in [-0.15, -0.1) is 3.89 Å². The highest BCUT2D eigenvalue weighted by molar-refractivity contribution is 7.86. The zero-order valence-electron chi connectivity index (χ0n) is 7.54. The molecule has 0 unspecified atom stereocenters. The van der Waals surface area contributed by atoms with E-state index in [1.807, 2.05) is 0 Å². The molecule has 0 saturated heterocycles. The zero-order chi connectivity index (χ0) is 10.9. The Labute approximate surface area is 80.5 Å². The third kappa shape index (κ3) is 2.01. The van der Waals surface area contributed by atoms with E-state index in [2.05, 4.69) is 4.74 Å². The lowest BCUT2D eigenvalue weighted by Gasteiger charge is -2.06. The van der Waals surface area contributed by atoms with Gasteiger partial charge >= 0.3 is 10.2 Å². The number of ether oxygens (including phenoxy) is 1. The molecule has 6 heteroatoms. The number of hydrogen-bond acceptors (Lipinski definition) is 3. The summed E-state index contributed by atoms with van der Waals surface area (Å²) in [6.07, 6.45) is 0. The van der Waals surface area contributed by atoms with Crippen molar-refractivity contribution in [2.24, 2.45) is 0 Å². The molecule has 0 fully saturated rings. The van der Waals surface area contributed by atoms with Gasteiger partial charge in [-0.3, -0.25) is 0 Å². The summed E-state index contributed by atoms with van der Waals surface area (Å²) in [5.41, 5.74) is 0.451. The van der Waals surface area contributed by atoms with Gasteiger partial charge in [0.1, 0.15) is 11.6 Å². The number of methoxy groups -OCH3 is 1. The minimum absolute atomic E-state index is 0.329. The number of benzene rings is 1. The average molecular weight is 222 g/mol. The monoisotopic (exact) mass is 222 g/mol. The lowest BCUT2D eigenvalue weighted by molar-refractivity contribution is 0.392. The van der Waals surface area contributed by atoms with E-state index in [9.17, 15) is 16.7 Å². The Morgan fingerprint density at radius 3 is 2.36 bits per heavy atom. The molecule has 78 valence electrons. The number of halogens is 2. The fourth-order valence-corrected chi connectivity index (χ4v) is 1.76. The highest BCUT2D eigenvalue weighted by atomic mass is 32.3. The molecule has 0 aliphatic carbocycles. The Bertz CT molecular complexity index is 454. The van der Waals surface area contributed by atoms with Gasteiger partial charge in [-0.05, 0) is 24.6 Å². The standard InChI is InChI=1S/C8H8F2O3S/c1-5-3-6(9)8(14(10,11)12)7(4-5)13-2/h3-4H,1-2H3. The van der Waals surface area contributed by atoms with Crippen molar-refractivity contribution in [1.29, 1.82) is 0 Å². The quantitative estimate of drug-likeness (QED) is 0.716. The molecular weight excluding hydrogens is 214 g/mol. The van der Waals surface area contributed by atoms with Crippen molar-refractivity contribution < 1.29 is 21.4 Å². The molecule has 0 amide bonds. The third-order valence-corrected chi connectivity index (χ3v) is 2.50. The largest absolute Gasteiger partial charge is 0.495 e. The predicted molar refractivity (Wildman–Crippen MR) is 46.0 cm³/mol. The normalized spacial score (nSPS) is 11.4. The van der Waals surface area contributed by atoms with Crippen LogP contribution in [0, 0.1) is 12.7 Å². The molecule has 0 aliphatic rings. The first-order valence-electron chi connectivity index (χ1n) is 3.65. The minimum atomic E-state index is -5.09. The van der Waals surface area contributed by atoms with E-state index in [4.69, 9.17) is 0 Å². The third-order valence-electron chi connectivity index (χ3n) is 1.62. The average Bonchev–Trinajstić information content (AvgIpc) is 1.99. The fraction of sp³-hybridized carbons (Fsp3) is 0.250. The summed E-state index contributed by atoms with van der Waals surface area (Å²) in [7, 11) is -3.95. The minimum Gasteiger partial charge on any atom is -0.495 e. The molecule has 0 heterocycles. The van der Waals surface area contributed by atoms with Crippen LogP contribution in [0.3, 0.4) is 0 Å². The molecule has 0 bridgehead atoms. The van der Waals surface area contributed by atoms with Crippen molar-refractivity contribution in [3.8, 4) is 5.75 Å². The molecule has 0 spiro atoms. The van der Waals surface area contributed by atoms with Gasteiger partial charge in [-0.2, -0.15) is 8.42 Å². The van der Waals surface area contributed by atoms with Crippen LogP contribution >= 0.6 is 0 Å². The molecule has 0 aliphatic heterocycles. The summed E-state index contributed by atoms with van der Waals surface area (Å²) in [4.78, 5) is -1.05. The van der Waals surface area contributed by atoms with Crippen LogP contribution in [0.15, 0.2) is 17.0 Å². The maximum absolute atomic E-state index is 13.1. The number of hydrogen-bond donors (Lipinski definition) is 0. The van der Waals surface area contributed by atoms with Crippen molar-refractivity contribution in [3.05, 3.63) is 23.5 Å². The second-order valence-electron chi connectivity index (χ2n) is 2.72. The van der Waals surface area contributed by atoms with Gasteiger partial charge in [0.15, 0.2) is 4.90 Å². The predicted octanol–water partition coefficient (Wildman–Crippen LogP) is 1.80. The van der Waals surface area contributed by atoms with E-state index < -0.39 is 20.9 Å². The maximum Gasteiger partial charge on any atom is 0.338 e. The molecule has 14 heavy (non-hydrogen) atoms. The summed E-state index contributed by atoms with van der Waals surface area (Å²) in [5.74, 6) is -1.48. The lowest BCUT2D eigenvalue weighted by atomic mass is 10.2. The highest BCUT2D eigenvalue weighted by Gasteiger charge is 2.23. The van der Waals surface area contributed by atoms with Crippen LogP contribution in [0.25, 0.3) is 0 Å². The number of aryl methyl sites for hydroxylation is 1. The van der Waals surface area contributed by atoms with E-state index in [1.165, 1.54) is 6.07 Å². The molecule has 3 nitrogen and oxygen atoms in total. The van der Waals surface area contributed by atoms with Crippen LogP contribution in [0.4, 0.5) is 8.28 Å². The van der Waals surface area contributed by atoms with Gasteiger partial charge in [0.05, 0.1) is 7.11 Å². The van der Waals surface area contributed by atoms with Crippen molar-refractivity contribution in [2.75, 3.05) is 7.11 Å². The molecule has 1 aromatic carbocycles. The Morgan fingerprint density at radius 2 is 1.93 bits per heavy atom. The van der Waals surface area contributed by atoms with E-state index in [-0.39, 0.29) is 5.75 Å². The van der Waals surface area contributed by atoms with Gasteiger partial charge in [-0.1, -0.05) is 0 Å². The molecule has 0 radical (unpaired) electrons. The summed E-state index contributed by atoms with van der Waals surface area (Å²) in [6, 6.07) is 2.17. The van der Waals surface area contributed by atoms with Crippen LogP contribution in [0.2, 0.25) is 0 Å². The summed E-state index contributed by atoms with van der Waals surface area (Å²) in [5, 5.41) is 0. The molecule has 1 rings (SSSR count). The summed E-state index contributed by atoms with van der Waals surface area (Å²) in [6.45, 7) is 1.54. The van der Waals surface area contributed by atoms with E-state index in [0.717, 1.165) is 13.2 Å². The van der Waals surface area contributed by atoms with Crippen LogP contribution in [-0.2, 0) is 10.2 Å². The highest BCUT2D eigenvalue weighted by Crippen LogP contribution is 2.29. The van der Waals surface area contributed by atoms with Gasteiger partial charge in [0.25, 0.3) is 0 Å². The molecule has 0 aromatic heterocycles. The molecule has 1 aromatic rings. The van der Waals surface area contributed by atoms with E-state index >= 15 is 0 Å². The summed E-state index contributed by atoms with van der Waals surface area (Å²) >= 11 is 0. The SMILES string of the molecule is COc1cc(C)cc(F)c1S(=O)(=O)F. The van der Waals surface area contributed by atoms with Gasteiger partial charge < -0.3 is 4.74 Å². The van der Waals surface area contributed by atoms with E-state index in [1.54, 1.807) is 6.92 Å². The second-order valence-corrected chi connectivity index (χ2v) is 4.00. The molecule has 0 N–H and O–H groups in total. The molecule has 0 saturated carbocycles. The zero-order valence-corrected chi connectivity index (χ0v) is 8.36. The lowest BCUT2D eigenvalue weighted by Crippen LogP contribution is -2.01. The van der Waals surface area contributed by atoms with Gasteiger partial charge in [0.2, 0.25) is 0 Å². The molecular formula is C8H8F2O3S. The van der Waals surface area contributed by atoms with Crippen molar-refractivity contribution in [2.45, 2.75) is 11.8 Å².